The Hall–Kier alpha value is -3.67. The summed E-state index contributed by atoms with van der Waals surface area (Å²) >= 11 is 7.49. The van der Waals surface area contributed by atoms with Crippen LogP contribution in [0.5, 0.6) is 0 Å². The van der Waals surface area contributed by atoms with Crippen LogP contribution < -0.4 is 5.32 Å². The van der Waals surface area contributed by atoms with Gasteiger partial charge in [-0.05, 0) is 41.7 Å². The fourth-order valence-corrected chi connectivity index (χ4v) is 5.21. The van der Waals surface area contributed by atoms with Gasteiger partial charge in [0.15, 0.2) is 11.6 Å². The van der Waals surface area contributed by atoms with E-state index in [0.29, 0.717) is 37.9 Å². The van der Waals surface area contributed by atoms with E-state index < -0.39 is 5.91 Å². The lowest BCUT2D eigenvalue weighted by molar-refractivity contribution is 0.0976. The number of carbonyl (C=O) groups is 3. The van der Waals surface area contributed by atoms with Crippen LogP contribution in [0.1, 0.15) is 62.5 Å². The number of hydrogen-bond acceptors (Lipinski definition) is 4. The fourth-order valence-electron chi connectivity index (χ4n) is 3.98. The molecule has 0 bridgehead atoms. The van der Waals surface area contributed by atoms with Gasteiger partial charge in [0.25, 0.3) is 5.91 Å². The minimum Gasteiger partial charge on any atom is -0.321 e. The van der Waals surface area contributed by atoms with Crippen LogP contribution in [0.4, 0.5) is 5.69 Å². The summed E-state index contributed by atoms with van der Waals surface area (Å²) in [7, 11) is 0. The first-order valence-corrected chi connectivity index (χ1v) is 12.8. The van der Waals surface area contributed by atoms with E-state index in [2.05, 4.69) is 5.32 Å². The maximum atomic E-state index is 13.6. The van der Waals surface area contributed by atoms with Gasteiger partial charge in [0, 0.05) is 32.2 Å². The third-order valence-electron chi connectivity index (χ3n) is 5.57. The molecule has 5 rings (SSSR count). The van der Waals surface area contributed by atoms with Gasteiger partial charge in [-0.3, -0.25) is 14.4 Å². The summed E-state index contributed by atoms with van der Waals surface area (Å²) in [6, 6.07) is 16.8. The fraction of sp³-hybridized carbons (Fsp3) is 0.100. The molecule has 0 radical (unpaired) electrons. The van der Waals surface area contributed by atoms with Crippen LogP contribution in [-0.2, 0) is 0 Å². The van der Waals surface area contributed by atoms with Gasteiger partial charge >= 0.3 is 0 Å². The van der Waals surface area contributed by atoms with Gasteiger partial charge in [-0.2, -0.15) is 0 Å². The first-order chi connectivity index (χ1) is 17.5. The standard InChI is InChI=1S/C28H18ClNO3S.C2H6/c29-18-9-7-8-17(16-18)28(33)30-22-14-15-23(34-19-10-3-1-2-4-11-19)25-24(22)26(31)20-12-5-6-13-21(20)27(25)32;1-2/h1-10,12-16H,11H2,(H,30,33);1-2H3. The van der Waals surface area contributed by atoms with Crippen molar-refractivity contribution in [1.82, 2.24) is 0 Å². The minimum atomic E-state index is -0.411. The monoisotopic (exact) mass is 513 g/mol. The van der Waals surface area contributed by atoms with E-state index in [1.54, 1.807) is 60.7 Å². The smallest absolute Gasteiger partial charge is 0.255 e. The van der Waals surface area contributed by atoms with Gasteiger partial charge in [0.2, 0.25) is 0 Å². The van der Waals surface area contributed by atoms with Gasteiger partial charge in [-0.15, -0.1) is 0 Å². The second-order valence-corrected chi connectivity index (χ2v) is 9.39. The Morgan fingerprint density at radius 1 is 0.861 bits per heavy atom. The summed E-state index contributed by atoms with van der Waals surface area (Å²) in [5.74, 6) is -0.929. The van der Waals surface area contributed by atoms with E-state index >= 15 is 0 Å². The maximum absolute atomic E-state index is 13.6. The summed E-state index contributed by atoms with van der Waals surface area (Å²) < 4.78 is 0. The molecule has 0 saturated heterocycles. The van der Waals surface area contributed by atoms with Crippen molar-refractivity contribution < 1.29 is 14.4 Å². The number of anilines is 1. The van der Waals surface area contributed by atoms with E-state index in [9.17, 15) is 14.4 Å². The summed E-state index contributed by atoms with van der Waals surface area (Å²) in [5.41, 5.74) is 1.89. The molecular formula is C30H24ClNO3S. The largest absolute Gasteiger partial charge is 0.321 e. The van der Waals surface area contributed by atoms with Gasteiger partial charge in [0.05, 0.1) is 11.3 Å². The van der Waals surface area contributed by atoms with E-state index in [0.717, 1.165) is 11.3 Å². The molecule has 0 spiro atoms. The Bertz CT molecular complexity index is 1450. The third kappa shape index (κ3) is 5.13. The summed E-state index contributed by atoms with van der Waals surface area (Å²) in [5, 5.41) is 3.25. The lowest BCUT2D eigenvalue weighted by Gasteiger charge is -2.23. The van der Waals surface area contributed by atoms with Gasteiger partial charge in [-0.25, -0.2) is 0 Å². The van der Waals surface area contributed by atoms with Crippen LogP contribution in [0.25, 0.3) is 0 Å². The molecule has 3 aromatic carbocycles. The Balaban J connectivity index is 0.00000148. The molecule has 1 amide bonds. The number of halogens is 1. The number of fused-ring (bicyclic) bond motifs is 2. The molecule has 0 atom stereocenters. The number of ketones is 2. The SMILES string of the molecule is CC.O=C(Nc1ccc(SC2=CC=CC=CC2)c2c1C(=O)c1ccccc1C2=O)c1cccc(Cl)c1. The number of benzene rings is 3. The van der Waals surface area contributed by atoms with Crippen LogP contribution in [0.3, 0.4) is 0 Å². The van der Waals surface area contributed by atoms with Crippen LogP contribution in [0.2, 0.25) is 5.02 Å². The van der Waals surface area contributed by atoms with E-state index in [4.69, 9.17) is 11.6 Å². The van der Waals surface area contributed by atoms with Crippen molar-refractivity contribution in [3.63, 3.8) is 0 Å². The average molecular weight is 514 g/mol. The average Bonchev–Trinajstić information content (AvgIpc) is 3.18. The molecule has 1 N–H and O–H groups in total. The zero-order valence-electron chi connectivity index (χ0n) is 19.9. The molecule has 2 aliphatic rings. The predicted molar refractivity (Wildman–Crippen MR) is 147 cm³/mol. The summed E-state index contributed by atoms with van der Waals surface area (Å²) in [4.78, 5) is 41.8. The molecule has 2 aliphatic carbocycles. The Kier molecular flexibility index (Phi) is 8.04. The summed E-state index contributed by atoms with van der Waals surface area (Å²) in [6.07, 6.45) is 10.6. The van der Waals surface area contributed by atoms with Crippen molar-refractivity contribution in [2.24, 2.45) is 0 Å². The molecule has 0 fully saturated rings. The molecule has 180 valence electrons. The highest BCUT2D eigenvalue weighted by atomic mass is 35.5. The molecular weight excluding hydrogens is 490 g/mol. The maximum Gasteiger partial charge on any atom is 0.255 e. The number of thioether (sulfide) groups is 1. The Labute approximate surface area is 219 Å². The zero-order valence-corrected chi connectivity index (χ0v) is 21.5. The Morgan fingerprint density at radius 2 is 1.58 bits per heavy atom. The van der Waals surface area contributed by atoms with E-state index in [1.807, 2.05) is 44.2 Å². The zero-order chi connectivity index (χ0) is 25.7. The van der Waals surface area contributed by atoms with Crippen molar-refractivity contribution >= 4 is 46.5 Å². The number of hydrogen-bond donors (Lipinski definition) is 1. The second kappa shape index (κ2) is 11.4. The molecule has 36 heavy (non-hydrogen) atoms. The molecule has 3 aromatic rings. The lowest BCUT2D eigenvalue weighted by Crippen LogP contribution is -2.24. The van der Waals surface area contributed by atoms with Crippen molar-refractivity contribution in [2.75, 3.05) is 5.32 Å². The van der Waals surface area contributed by atoms with E-state index in [1.165, 1.54) is 11.8 Å². The van der Waals surface area contributed by atoms with Crippen LogP contribution >= 0.6 is 23.4 Å². The minimum absolute atomic E-state index is 0.212. The van der Waals surface area contributed by atoms with Crippen molar-refractivity contribution in [3.05, 3.63) is 129 Å². The van der Waals surface area contributed by atoms with E-state index in [-0.39, 0.29) is 17.1 Å². The number of amides is 1. The number of nitrogens with one attached hydrogen (secondary N) is 1. The predicted octanol–water partition coefficient (Wildman–Crippen LogP) is 7.89. The first kappa shape index (κ1) is 25.4. The molecule has 4 nitrogen and oxygen atoms in total. The van der Waals surface area contributed by atoms with Crippen molar-refractivity contribution in [2.45, 2.75) is 25.2 Å². The molecule has 6 heteroatoms. The quantitative estimate of drug-likeness (QED) is 0.301. The van der Waals surface area contributed by atoms with Crippen molar-refractivity contribution in [1.29, 1.82) is 0 Å². The van der Waals surface area contributed by atoms with Crippen LogP contribution in [0, 0.1) is 0 Å². The van der Waals surface area contributed by atoms with Gasteiger partial charge < -0.3 is 5.32 Å². The highest BCUT2D eigenvalue weighted by Gasteiger charge is 2.34. The third-order valence-corrected chi connectivity index (χ3v) is 6.93. The Morgan fingerprint density at radius 3 is 2.31 bits per heavy atom. The lowest BCUT2D eigenvalue weighted by atomic mass is 9.83. The molecule has 0 aliphatic heterocycles. The normalized spacial score (nSPS) is 13.6. The first-order valence-electron chi connectivity index (χ1n) is 11.7. The van der Waals surface area contributed by atoms with Gasteiger partial charge in [-0.1, -0.05) is 97.9 Å². The van der Waals surface area contributed by atoms with Crippen molar-refractivity contribution in [3.8, 4) is 0 Å². The molecule has 0 saturated carbocycles. The van der Waals surface area contributed by atoms with Gasteiger partial charge in [0.1, 0.15) is 0 Å². The highest BCUT2D eigenvalue weighted by Crippen LogP contribution is 2.41. The number of allylic oxidation sites excluding steroid dienone is 6. The van der Waals surface area contributed by atoms with Crippen LogP contribution in [-0.4, -0.2) is 17.5 Å². The molecule has 0 unspecified atom stereocenters. The highest BCUT2D eigenvalue weighted by molar-refractivity contribution is 8.03. The summed E-state index contributed by atoms with van der Waals surface area (Å²) in [6.45, 7) is 4.00. The molecule has 0 aromatic heterocycles. The number of carbonyl (C=O) groups excluding carboxylic acids is 3. The van der Waals surface area contributed by atoms with Crippen LogP contribution in [0.15, 0.2) is 101 Å². The molecule has 0 heterocycles. The number of rotatable bonds is 4. The topological polar surface area (TPSA) is 63.2 Å². The second-order valence-electron chi connectivity index (χ2n) is 7.78.